The molecule has 0 aromatic heterocycles. The van der Waals surface area contributed by atoms with Crippen molar-refractivity contribution < 1.29 is 23.1 Å². The lowest BCUT2D eigenvalue weighted by atomic mass is 9.74. The predicted octanol–water partition coefficient (Wildman–Crippen LogP) is 0.547. The van der Waals surface area contributed by atoms with E-state index < -0.39 is 27.3 Å². The third-order valence-electron chi connectivity index (χ3n) is 3.42. The Morgan fingerprint density at radius 1 is 1.50 bits per heavy atom. The molecule has 0 aromatic carbocycles. The number of ether oxygens (including phenoxy) is 1. The van der Waals surface area contributed by atoms with Crippen LogP contribution in [0.4, 0.5) is 0 Å². The molecule has 0 saturated carbocycles. The van der Waals surface area contributed by atoms with Gasteiger partial charge in [0, 0.05) is 12.5 Å². The first kappa shape index (κ1) is 13.4. The van der Waals surface area contributed by atoms with Crippen LogP contribution in [0, 0.1) is 11.3 Å². The molecule has 1 N–H and O–H groups in total. The van der Waals surface area contributed by atoms with Gasteiger partial charge in [-0.25, -0.2) is 13.2 Å². The van der Waals surface area contributed by atoms with E-state index in [1.54, 1.807) is 13.8 Å². The fourth-order valence-corrected chi connectivity index (χ4v) is 4.34. The first-order valence-electron chi connectivity index (χ1n) is 5.16. The first-order valence-corrected chi connectivity index (χ1v) is 6.99. The number of hydrogen-bond donors (Lipinski definition) is 1. The van der Waals surface area contributed by atoms with Crippen LogP contribution >= 0.6 is 0 Å². The highest BCUT2D eigenvalue weighted by atomic mass is 32.2. The smallest absolute Gasteiger partial charge is 0.333 e. The zero-order valence-corrected chi connectivity index (χ0v) is 10.6. The van der Waals surface area contributed by atoms with E-state index in [-0.39, 0.29) is 17.4 Å². The van der Waals surface area contributed by atoms with Gasteiger partial charge in [0.15, 0.2) is 15.9 Å². The Labute approximate surface area is 95.7 Å². The number of sulfone groups is 1. The maximum atomic E-state index is 11.4. The standard InChI is InChI=1S/C10H18O5S/c1-10(2,8(15-3)9(11)12)7-4-5-16(13,14)6-7/h7-8H,4-6H2,1-3H3,(H,11,12). The zero-order chi connectivity index (χ0) is 12.6. The molecule has 0 amide bonds. The maximum Gasteiger partial charge on any atom is 0.333 e. The SMILES string of the molecule is COC(C(=O)O)C(C)(C)C1CCS(=O)(=O)C1. The Morgan fingerprint density at radius 3 is 2.38 bits per heavy atom. The fourth-order valence-electron chi connectivity index (χ4n) is 2.32. The predicted molar refractivity (Wildman–Crippen MR) is 59.0 cm³/mol. The molecule has 2 unspecified atom stereocenters. The van der Waals surface area contributed by atoms with Crippen LogP contribution in [0.5, 0.6) is 0 Å². The van der Waals surface area contributed by atoms with Crippen molar-refractivity contribution in [1.82, 2.24) is 0 Å². The third kappa shape index (κ3) is 2.55. The van der Waals surface area contributed by atoms with Crippen LogP contribution in [0.3, 0.4) is 0 Å². The van der Waals surface area contributed by atoms with Crippen LogP contribution in [-0.2, 0) is 19.4 Å². The Bertz CT molecular complexity index is 371. The molecule has 1 heterocycles. The first-order chi connectivity index (χ1) is 7.20. The average molecular weight is 250 g/mol. The van der Waals surface area contributed by atoms with E-state index in [9.17, 15) is 13.2 Å². The van der Waals surface area contributed by atoms with Gasteiger partial charge in [-0.2, -0.15) is 0 Å². The highest BCUT2D eigenvalue weighted by Crippen LogP contribution is 2.39. The maximum absolute atomic E-state index is 11.4. The summed E-state index contributed by atoms with van der Waals surface area (Å²) in [5.74, 6) is -0.986. The van der Waals surface area contributed by atoms with Crippen molar-refractivity contribution in [3.05, 3.63) is 0 Å². The second-order valence-electron chi connectivity index (χ2n) is 4.88. The minimum atomic E-state index is -2.99. The molecule has 0 aromatic rings. The lowest BCUT2D eigenvalue weighted by molar-refractivity contribution is -0.158. The Morgan fingerprint density at radius 2 is 2.06 bits per heavy atom. The molecular formula is C10H18O5S. The molecule has 1 aliphatic rings. The summed E-state index contributed by atoms with van der Waals surface area (Å²) >= 11 is 0. The van der Waals surface area contributed by atoms with Crippen molar-refractivity contribution in [2.45, 2.75) is 26.4 Å². The topological polar surface area (TPSA) is 80.7 Å². The van der Waals surface area contributed by atoms with Gasteiger partial charge in [-0.15, -0.1) is 0 Å². The van der Waals surface area contributed by atoms with Gasteiger partial charge in [-0.05, 0) is 12.3 Å². The van der Waals surface area contributed by atoms with Crippen molar-refractivity contribution in [3.8, 4) is 0 Å². The molecule has 1 saturated heterocycles. The van der Waals surface area contributed by atoms with Crippen LogP contribution in [-0.4, -0.2) is 44.2 Å². The van der Waals surface area contributed by atoms with Gasteiger partial charge in [0.1, 0.15) is 0 Å². The van der Waals surface area contributed by atoms with Gasteiger partial charge in [0.25, 0.3) is 0 Å². The number of carbonyl (C=O) groups is 1. The number of methoxy groups -OCH3 is 1. The summed E-state index contributed by atoms with van der Waals surface area (Å²) in [6, 6.07) is 0. The number of rotatable bonds is 4. The van der Waals surface area contributed by atoms with E-state index in [1.165, 1.54) is 7.11 Å². The molecule has 1 fully saturated rings. The molecule has 16 heavy (non-hydrogen) atoms. The van der Waals surface area contributed by atoms with Gasteiger partial charge in [-0.3, -0.25) is 0 Å². The van der Waals surface area contributed by atoms with Crippen molar-refractivity contribution in [3.63, 3.8) is 0 Å². The van der Waals surface area contributed by atoms with Crippen molar-refractivity contribution >= 4 is 15.8 Å². The van der Waals surface area contributed by atoms with Crippen molar-refractivity contribution in [2.24, 2.45) is 11.3 Å². The third-order valence-corrected chi connectivity index (χ3v) is 5.19. The molecule has 5 nitrogen and oxygen atoms in total. The Hall–Kier alpha value is -0.620. The fraction of sp³-hybridized carbons (Fsp3) is 0.900. The van der Waals surface area contributed by atoms with Crippen LogP contribution in [0.25, 0.3) is 0 Å². The second kappa shape index (κ2) is 4.33. The van der Waals surface area contributed by atoms with Crippen LogP contribution in [0.2, 0.25) is 0 Å². The normalized spacial score (nSPS) is 26.6. The van der Waals surface area contributed by atoms with Crippen molar-refractivity contribution in [2.75, 3.05) is 18.6 Å². The minimum Gasteiger partial charge on any atom is -0.479 e. The highest BCUT2D eigenvalue weighted by Gasteiger charge is 2.46. The number of aliphatic carboxylic acids is 1. The number of carboxylic acids is 1. The monoisotopic (exact) mass is 250 g/mol. The van der Waals surface area contributed by atoms with E-state index in [1.807, 2.05) is 0 Å². The molecule has 0 radical (unpaired) electrons. The quantitative estimate of drug-likeness (QED) is 0.788. The van der Waals surface area contributed by atoms with Gasteiger partial charge < -0.3 is 9.84 Å². The molecule has 0 aliphatic carbocycles. The summed E-state index contributed by atoms with van der Waals surface area (Å²) in [4.78, 5) is 11.0. The van der Waals surface area contributed by atoms with Gasteiger partial charge in [0.05, 0.1) is 11.5 Å². The summed E-state index contributed by atoms with van der Waals surface area (Å²) in [6.45, 7) is 3.50. The van der Waals surface area contributed by atoms with Crippen molar-refractivity contribution in [1.29, 1.82) is 0 Å². The minimum absolute atomic E-state index is 0.0626. The molecule has 0 spiro atoms. The number of hydrogen-bond acceptors (Lipinski definition) is 4. The lowest BCUT2D eigenvalue weighted by Crippen LogP contribution is -2.43. The molecule has 1 rings (SSSR count). The summed E-state index contributed by atoms with van der Waals surface area (Å²) in [5.41, 5.74) is -0.676. The average Bonchev–Trinajstić information content (AvgIpc) is 2.46. The van der Waals surface area contributed by atoms with Gasteiger partial charge in [0.2, 0.25) is 0 Å². The summed E-state index contributed by atoms with van der Waals surface area (Å²) in [6.07, 6.45) is -0.451. The van der Waals surface area contributed by atoms with Crippen LogP contribution < -0.4 is 0 Å². The Balaban J connectivity index is 2.89. The molecule has 0 bridgehead atoms. The van der Waals surface area contributed by atoms with E-state index in [0.29, 0.717) is 6.42 Å². The molecule has 94 valence electrons. The van der Waals surface area contributed by atoms with Crippen LogP contribution in [0.1, 0.15) is 20.3 Å². The van der Waals surface area contributed by atoms with E-state index in [2.05, 4.69) is 0 Å². The molecule has 1 aliphatic heterocycles. The summed E-state index contributed by atoms with van der Waals surface area (Å²) < 4.78 is 27.7. The molecule has 6 heteroatoms. The van der Waals surface area contributed by atoms with E-state index in [0.717, 1.165) is 0 Å². The summed E-state index contributed by atoms with van der Waals surface area (Å²) in [7, 11) is -1.66. The zero-order valence-electron chi connectivity index (χ0n) is 9.76. The second-order valence-corrected chi connectivity index (χ2v) is 7.10. The van der Waals surface area contributed by atoms with Gasteiger partial charge in [-0.1, -0.05) is 13.8 Å². The molecule has 2 atom stereocenters. The molecular weight excluding hydrogens is 232 g/mol. The number of carboxylic acid groups (broad SMARTS) is 1. The van der Waals surface area contributed by atoms with E-state index in [4.69, 9.17) is 9.84 Å². The largest absolute Gasteiger partial charge is 0.479 e. The van der Waals surface area contributed by atoms with Gasteiger partial charge >= 0.3 is 5.97 Å². The Kier molecular flexibility index (Phi) is 3.64. The van der Waals surface area contributed by atoms with Crippen LogP contribution in [0.15, 0.2) is 0 Å². The van der Waals surface area contributed by atoms with E-state index >= 15 is 0 Å². The summed E-state index contributed by atoms with van der Waals surface area (Å²) in [5, 5.41) is 9.02. The lowest BCUT2D eigenvalue weighted by Gasteiger charge is -2.35. The highest BCUT2D eigenvalue weighted by molar-refractivity contribution is 7.91.